The molecule has 2 aromatic rings. The van der Waals surface area contributed by atoms with Crippen molar-refractivity contribution in [3.8, 4) is 5.75 Å². The minimum absolute atomic E-state index is 0.0379. The number of quaternary nitrogens is 1. The first-order valence-electron chi connectivity index (χ1n) is 7.02. The van der Waals surface area contributed by atoms with Gasteiger partial charge in [-0.2, -0.15) is 0 Å². The van der Waals surface area contributed by atoms with Gasteiger partial charge in [0.15, 0.2) is 6.54 Å². The van der Waals surface area contributed by atoms with Crippen molar-refractivity contribution in [2.75, 3.05) is 20.7 Å². The molecule has 1 aromatic carbocycles. The van der Waals surface area contributed by atoms with Gasteiger partial charge in [0.1, 0.15) is 12.3 Å². The van der Waals surface area contributed by atoms with E-state index in [1.54, 1.807) is 18.4 Å². The van der Waals surface area contributed by atoms with E-state index in [1.807, 2.05) is 43.4 Å². The molecule has 22 heavy (non-hydrogen) atoms. The number of rotatable bonds is 7. The van der Waals surface area contributed by atoms with E-state index in [0.717, 1.165) is 27.1 Å². The molecule has 2 N–H and O–H groups in total. The summed E-state index contributed by atoms with van der Waals surface area (Å²) < 4.78 is 5.89. The van der Waals surface area contributed by atoms with E-state index in [2.05, 4.69) is 5.32 Å². The maximum atomic E-state index is 12.0. The van der Waals surface area contributed by atoms with Crippen LogP contribution >= 0.6 is 22.9 Å². The van der Waals surface area contributed by atoms with Crippen LogP contribution in [0.15, 0.2) is 36.4 Å². The Morgan fingerprint density at radius 3 is 2.59 bits per heavy atom. The Bertz CT molecular complexity index is 613. The second-order valence-corrected chi connectivity index (χ2v) is 6.94. The van der Waals surface area contributed by atoms with E-state index >= 15 is 0 Å². The lowest BCUT2D eigenvalue weighted by Gasteiger charge is -2.13. The van der Waals surface area contributed by atoms with Crippen molar-refractivity contribution in [3.63, 3.8) is 0 Å². The van der Waals surface area contributed by atoms with E-state index in [1.165, 1.54) is 4.88 Å². The van der Waals surface area contributed by atoms with E-state index in [4.69, 9.17) is 16.3 Å². The monoisotopic (exact) mass is 339 g/mol. The van der Waals surface area contributed by atoms with Crippen LogP contribution < -0.4 is 15.0 Å². The summed E-state index contributed by atoms with van der Waals surface area (Å²) in [7, 11) is 3.64. The van der Waals surface area contributed by atoms with Crippen molar-refractivity contribution in [1.29, 1.82) is 0 Å². The van der Waals surface area contributed by atoms with Crippen LogP contribution in [-0.2, 0) is 17.9 Å². The maximum absolute atomic E-state index is 12.0. The number of amides is 1. The molecule has 0 aliphatic rings. The molecule has 2 rings (SSSR count). The Labute approximate surface area is 139 Å². The lowest BCUT2D eigenvalue weighted by Crippen LogP contribution is -3.08. The van der Waals surface area contributed by atoms with Gasteiger partial charge in [-0.3, -0.25) is 4.79 Å². The third kappa shape index (κ3) is 5.33. The number of nitrogens with one attached hydrogen (secondary N) is 2. The summed E-state index contributed by atoms with van der Waals surface area (Å²) in [5, 5.41) is 2.94. The number of ether oxygens (including phenoxy) is 1. The molecule has 1 unspecified atom stereocenters. The molecule has 0 bridgehead atoms. The molecule has 1 amide bonds. The Balaban J connectivity index is 1.74. The van der Waals surface area contributed by atoms with Gasteiger partial charge >= 0.3 is 0 Å². The minimum Gasteiger partial charge on any atom is -0.497 e. The molecule has 118 valence electrons. The van der Waals surface area contributed by atoms with Gasteiger partial charge in [0.05, 0.1) is 23.4 Å². The van der Waals surface area contributed by atoms with E-state index in [-0.39, 0.29) is 5.91 Å². The zero-order chi connectivity index (χ0) is 15.9. The summed E-state index contributed by atoms with van der Waals surface area (Å²) in [5.74, 6) is 0.852. The van der Waals surface area contributed by atoms with Gasteiger partial charge in [0.2, 0.25) is 0 Å². The van der Waals surface area contributed by atoms with E-state index < -0.39 is 0 Å². The Morgan fingerprint density at radius 1 is 1.27 bits per heavy atom. The predicted molar refractivity (Wildman–Crippen MR) is 89.6 cm³/mol. The molecule has 0 radical (unpaired) electrons. The topological polar surface area (TPSA) is 42.8 Å². The second kappa shape index (κ2) is 8.17. The zero-order valence-corrected chi connectivity index (χ0v) is 14.3. The van der Waals surface area contributed by atoms with Gasteiger partial charge < -0.3 is 15.0 Å². The predicted octanol–water partition coefficient (Wildman–Crippen LogP) is 1.74. The summed E-state index contributed by atoms with van der Waals surface area (Å²) in [6.45, 7) is 1.76. The van der Waals surface area contributed by atoms with E-state index in [0.29, 0.717) is 13.1 Å². The Kier molecular flexibility index (Phi) is 6.24. The largest absolute Gasteiger partial charge is 0.497 e. The van der Waals surface area contributed by atoms with Crippen molar-refractivity contribution < 1.29 is 14.4 Å². The second-order valence-electron chi connectivity index (χ2n) is 5.14. The van der Waals surface area contributed by atoms with Crippen LogP contribution in [0.5, 0.6) is 5.75 Å². The molecule has 0 spiro atoms. The molecule has 1 aromatic heterocycles. The zero-order valence-electron chi connectivity index (χ0n) is 12.7. The quantitative estimate of drug-likeness (QED) is 0.807. The molecule has 0 saturated carbocycles. The highest BCUT2D eigenvalue weighted by Gasteiger charge is 2.11. The molecule has 0 aliphatic heterocycles. The number of hydrogen-bond donors (Lipinski definition) is 2. The molecule has 0 fully saturated rings. The van der Waals surface area contributed by atoms with Gasteiger partial charge in [-0.25, -0.2) is 0 Å². The number of methoxy groups -OCH3 is 1. The molecule has 1 heterocycles. The first-order valence-corrected chi connectivity index (χ1v) is 8.21. The van der Waals surface area contributed by atoms with Crippen molar-refractivity contribution in [3.05, 3.63) is 51.2 Å². The number of benzene rings is 1. The normalized spacial score (nSPS) is 12.0. The van der Waals surface area contributed by atoms with Crippen LogP contribution in [0.1, 0.15) is 10.4 Å². The van der Waals surface area contributed by atoms with Crippen LogP contribution in [0.3, 0.4) is 0 Å². The highest BCUT2D eigenvalue weighted by atomic mass is 35.5. The van der Waals surface area contributed by atoms with Crippen LogP contribution in [0.4, 0.5) is 0 Å². The highest BCUT2D eigenvalue weighted by Crippen LogP contribution is 2.20. The number of likely N-dealkylation sites (N-methyl/N-ethyl adjacent to an activating group) is 1. The highest BCUT2D eigenvalue weighted by molar-refractivity contribution is 7.16. The standard InChI is InChI=1S/C16H19ClN2O2S/c1-19(10-14-7-8-15(17)22-14)11-16(20)18-9-12-3-5-13(21-2)6-4-12/h3-8H,9-11H2,1-2H3,(H,18,20)/p+1. The van der Waals surface area contributed by atoms with Crippen LogP contribution in [0.25, 0.3) is 0 Å². The number of thiophene rings is 1. The number of carbonyl (C=O) groups excluding carboxylic acids is 1. The van der Waals surface area contributed by atoms with Crippen LogP contribution in [-0.4, -0.2) is 26.6 Å². The Morgan fingerprint density at radius 2 is 2.00 bits per heavy atom. The Hall–Kier alpha value is -1.56. The van der Waals surface area contributed by atoms with Crippen LogP contribution in [0.2, 0.25) is 4.34 Å². The number of hydrogen-bond acceptors (Lipinski definition) is 3. The fourth-order valence-electron chi connectivity index (χ4n) is 2.09. The average Bonchev–Trinajstić information content (AvgIpc) is 2.90. The van der Waals surface area contributed by atoms with Crippen molar-refractivity contribution in [2.45, 2.75) is 13.1 Å². The number of halogens is 1. The van der Waals surface area contributed by atoms with Crippen molar-refractivity contribution in [2.24, 2.45) is 0 Å². The van der Waals surface area contributed by atoms with E-state index in [9.17, 15) is 4.79 Å². The summed E-state index contributed by atoms with van der Waals surface area (Å²) in [6.07, 6.45) is 0. The molecule has 6 heteroatoms. The average molecular weight is 340 g/mol. The minimum atomic E-state index is 0.0379. The first-order chi connectivity index (χ1) is 10.6. The van der Waals surface area contributed by atoms with Crippen LogP contribution in [0, 0.1) is 0 Å². The lowest BCUT2D eigenvalue weighted by molar-refractivity contribution is -0.885. The number of carbonyl (C=O) groups is 1. The van der Waals surface area contributed by atoms with Gasteiger partial charge in [-0.15, -0.1) is 11.3 Å². The van der Waals surface area contributed by atoms with Gasteiger partial charge in [-0.05, 0) is 29.8 Å². The summed E-state index contributed by atoms with van der Waals surface area (Å²) in [4.78, 5) is 14.3. The van der Waals surface area contributed by atoms with Gasteiger partial charge in [-0.1, -0.05) is 23.7 Å². The summed E-state index contributed by atoms with van der Waals surface area (Å²) >= 11 is 7.47. The molecular weight excluding hydrogens is 320 g/mol. The molecule has 0 aliphatic carbocycles. The third-order valence-electron chi connectivity index (χ3n) is 3.22. The fraction of sp³-hybridized carbons (Fsp3) is 0.312. The van der Waals surface area contributed by atoms with Gasteiger partial charge in [0, 0.05) is 6.54 Å². The first kappa shape index (κ1) is 16.8. The lowest BCUT2D eigenvalue weighted by atomic mass is 10.2. The summed E-state index contributed by atoms with van der Waals surface area (Å²) in [6, 6.07) is 11.6. The maximum Gasteiger partial charge on any atom is 0.275 e. The van der Waals surface area contributed by atoms with Gasteiger partial charge in [0.25, 0.3) is 5.91 Å². The smallest absolute Gasteiger partial charge is 0.275 e. The molecule has 4 nitrogen and oxygen atoms in total. The summed E-state index contributed by atoms with van der Waals surface area (Å²) in [5.41, 5.74) is 1.05. The SMILES string of the molecule is COc1ccc(CNC(=O)C[NH+](C)Cc2ccc(Cl)s2)cc1. The molecule has 0 saturated heterocycles. The fourth-order valence-corrected chi connectivity index (χ4v) is 3.29. The van der Waals surface area contributed by atoms with Crippen molar-refractivity contribution >= 4 is 28.8 Å². The van der Waals surface area contributed by atoms with Crippen molar-refractivity contribution in [1.82, 2.24) is 5.32 Å². The molecule has 1 atom stereocenters. The third-order valence-corrected chi connectivity index (χ3v) is 4.45. The molecular formula is C16H20ClN2O2S+.